The Labute approximate surface area is 109 Å². The van der Waals surface area contributed by atoms with Crippen LogP contribution in [-0.4, -0.2) is 21.2 Å². The van der Waals surface area contributed by atoms with Gasteiger partial charge < -0.3 is 10.3 Å². The lowest BCUT2D eigenvalue weighted by atomic mass is 10.1. The minimum absolute atomic E-state index is 0.167. The fraction of sp³-hybridized carbons (Fsp3) is 0.583. The van der Waals surface area contributed by atoms with E-state index >= 15 is 0 Å². The van der Waals surface area contributed by atoms with Gasteiger partial charge in [-0.05, 0) is 25.7 Å². The normalized spacial score (nSPS) is 17.0. The number of thiazole rings is 1. The number of nitrogens with two attached hydrogens (primary N) is 1. The molecule has 0 aliphatic heterocycles. The van der Waals surface area contributed by atoms with Crippen molar-refractivity contribution in [3.8, 4) is 0 Å². The monoisotopic (exact) mass is 264 g/mol. The Bertz CT molecular complexity index is 532. The predicted octanol–water partition coefficient (Wildman–Crippen LogP) is 1.71. The molecule has 0 radical (unpaired) electrons. The van der Waals surface area contributed by atoms with Gasteiger partial charge in [0.2, 0.25) is 5.89 Å². The van der Waals surface area contributed by atoms with E-state index in [9.17, 15) is 0 Å². The molecule has 18 heavy (non-hydrogen) atoms. The maximum atomic E-state index is 6.04. The number of nitrogens with zero attached hydrogens (tertiary/aromatic N) is 3. The molecule has 3 rings (SSSR count). The van der Waals surface area contributed by atoms with Gasteiger partial charge >= 0.3 is 0 Å². The fourth-order valence-corrected chi connectivity index (χ4v) is 2.73. The fourth-order valence-electron chi connectivity index (χ4n) is 1.96. The molecule has 1 atom stereocenters. The number of hydrogen-bond donors (Lipinski definition) is 1. The first-order valence-corrected chi connectivity index (χ1v) is 7.06. The summed E-state index contributed by atoms with van der Waals surface area (Å²) in [5.41, 5.74) is 7.07. The number of rotatable bonds is 5. The van der Waals surface area contributed by atoms with Gasteiger partial charge in [-0.2, -0.15) is 4.98 Å². The van der Waals surface area contributed by atoms with Crippen LogP contribution in [0.3, 0.4) is 0 Å². The van der Waals surface area contributed by atoms with Gasteiger partial charge in [0.05, 0.1) is 6.42 Å². The van der Waals surface area contributed by atoms with Gasteiger partial charge in [-0.25, -0.2) is 4.98 Å². The maximum Gasteiger partial charge on any atom is 0.228 e. The van der Waals surface area contributed by atoms with E-state index in [4.69, 9.17) is 10.3 Å². The summed E-state index contributed by atoms with van der Waals surface area (Å²) in [6.45, 7) is 1.98. The molecule has 5 nitrogen and oxygen atoms in total. The van der Waals surface area contributed by atoms with Crippen LogP contribution in [0.1, 0.15) is 35.3 Å². The average Bonchev–Trinajstić information content (AvgIpc) is 2.99. The zero-order chi connectivity index (χ0) is 12.5. The van der Waals surface area contributed by atoms with Crippen molar-refractivity contribution in [2.75, 3.05) is 0 Å². The highest BCUT2D eigenvalue weighted by molar-refractivity contribution is 7.09. The van der Waals surface area contributed by atoms with Gasteiger partial charge in [0.1, 0.15) is 5.01 Å². The Balaban J connectivity index is 1.62. The van der Waals surface area contributed by atoms with Crippen LogP contribution in [0.4, 0.5) is 0 Å². The maximum absolute atomic E-state index is 6.04. The van der Waals surface area contributed by atoms with E-state index in [1.54, 1.807) is 11.3 Å². The molecule has 1 fully saturated rings. The highest BCUT2D eigenvalue weighted by Gasteiger charge is 2.29. The third-order valence-electron chi connectivity index (χ3n) is 3.12. The molecule has 0 saturated heterocycles. The molecule has 96 valence electrons. The van der Waals surface area contributed by atoms with E-state index in [1.165, 1.54) is 12.8 Å². The van der Waals surface area contributed by atoms with Gasteiger partial charge in [0.15, 0.2) is 5.82 Å². The van der Waals surface area contributed by atoms with Gasteiger partial charge in [0, 0.05) is 23.5 Å². The molecule has 2 N–H and O–H groups in total. The van der Waals surface area contributed by atoms with Gasteiger partial charge in [-0.1, -0.05) is 5.16 Å². The van der Waals surface area contributed by atoms with E-state index in [-0.39, 0.29) is 6.04 Å². The summed E-state index contributed by atoms with van der Waals surface area (Å²) < 4.78 is 5.23. The first-order valence-electron chi connectivity index (χ1n) is 6.19. The van der Waals surface area contributed by atoms with Crippen molar-refractivity contribution in [1.29, 1.82) is 0 Å². The highest BCUT2D eigenvalue weighted by atomic mass is 32.1. The smallest absolute Gasteiger partial charge is 0.228 e. The van der Waals surface area contributed by atoms with E-state index in [2.05, 4.69) is 15.1 Å². The van der Waals surface area contributed by atoms with Crippen LogP contribution in [0.5, 0.6) is 0 Å². The second-order valence-corrected chi connectivity index (χ2v) is 5.81. The lowest BCUT2D eigenvalue weighted by Gasteiger charge is -2.04. The topological polar surface area (TPSA) is 77.8 Å². The minimum Gasteiger partial charge on any atom is -0.339 e. The Kier molecular flexibility index (Phi) is 3.13. The molecule has 0 spiro atoms. The second kappa shape index (κ2) is 4.78. The molecule has 1 aliphatic rings. The molecule has 2 heterocycles. The van der Waals surface area contributed by atoms with Gasteiger partial charge in [0.25, 0.3) is 0 Å². The van der Waals surface area contributed by atoms with E-state index in [1.807, 2.05) is 12.3 Å². The molecular formula is C12H16N4OS. The largest absolute Gasteiger partial charge is 0.339 e. The summed E-state index contributed by atoms with van der Waals surface area (Å²) in [4.78, 5) is 8.76. The van der Waals surface area contributed by atoms with Crippen LogP contribution in [-0.2, 0) is 12.8 Å². The molecule has 1 unspecified atom stereocenters. The zero-order valence-corrected chi connectivity index (χ0v) is 11.1. The summed E-state index contributed by atoms with van der Waals surface area (Å²) in [6.07, 6.45) is 3.80. The van der Waals surface area contributed by atoms with Crippen molar-refractivity contribution in [2.24, 2.45) is 11.7 Å². The van der Waals surface area contributed by atoms with Crippen molar-refractivity contribution in [3.05, 3.63) is 27.8 Å². The van der Waals surface area contributed by atoms with Crippen LogP contribution in [0, 0.1) is 12.8 Å². The molecule has 0 bridgehead atoms. The SMILES string of the molecule is Cc1csc(Cc2noc(CC(N)C3CC3)n2)n1. The zero-order valence-electron chi connectivity index (χ0n) is 10.3. The molecule has 2 aromatic heterocycles. The molecular weight excluding hydrogens is 248 g/mol. The molecule has 0 aromatic carbocycles. The summed E-state index contributed by atoms with van der Waals surface area (Å²) in [5.74, 6) is 2.00. The van der Waals surface area contributed by atoms with Crippen LogP contribution in [0.15, 0.2) is 9.90 Å². The number of aromatic nitrogens is 3. The average molecular weight is 264 g/mol. The predicted molar refractivity (Wildman–Crippen MR) is 68.4 cm³/mol. The minimum atomic E-state index is 0.167. The first kappa shape index (κ1) is 11.8. The molecule has 6 heteroatoms. The van der Waals surface area contributed by atoms with Crippen LogP contribution in [0.25, 0.3) is 0 Å². The van der Waals surface area contributed by atoms with E-state index in [0.29, 0.717) is 30.5 Å². The van der Waals surface area contributed by atoms with Crippen molar-refractivity contribution >= 4 is 11.3 Å². The van der Waals surface area contributed by atoms with Crippen LogP contribution >= 0.6 is 11.3 Å². The summed E-state index contributed by atoms with van der Waals surface area (Å²) in [7, 11) is 0. The molecule has 1 saturated carbocycles. The highest BCUT2D eigenvalue weighted by Crippen LogP contribution is 2.32. The van der Waals surface area contributed by atoms with E-state index in [0.717, 1.165) is 10.7 Å². The van der Waals surface area contributed by atoms with Gasteiger partial charge in [-0.3, -0.25) is 0 Å². The first-order chi connectivity index (χ1) is 8.70. The van der Waals surface area contributed by atoms with Crippen LogP contribution in [0.2, 0.25) is 0 Å². The van der Waals surface area contributed by atoms with Crippen molar-refractivity contribution in [1.82, 2.24) is 15.1 Å². The van der Waals surface area contributed by atoms with Crippen molar-refractivity contribution in [2.45, 2.75) is 38.6 Å². The lowest BCUT2D eigenvalue weighted by Crippen LogP contribution is -2.25. The van der Waals surface area contributed by atoms with Crippen molar-refractivity contribution in [3.63, 3.8) is 0 Å². The quantitative estimate of drug-likeness (QED) is 0.889. The lowest BCUT2D eigenvalue weighted by molar-refractivity contribution is 0.359. The Morgan fingerprint density at radius 2 is 2.33 bits per heavy atom. The van der Waals surface area contributed by atoms with E-state index < -0.39 is 0 Å². The molecule has 1 aliphatic carbocycles. The van der Waals surface area contributed by atoms with Crippen LogP contribution < -0.4 is 5.73 Å². The number of hydrogen-bond acceptors (Lipinski definition) is 6. The molecule has 0 amide bonds. The number of aryl methyl sites for hydroxylation is 1. The summed E-state index contributed by atoms with van der Waals surface area (Å²) >= 11 is 1.62. The summed E-state index contributed by atoms with van der Waals surface area (Å²) in [5, 5.41) is 7.03. The molecule has 2 aromatic rings. The Hall–Kier alpha value is -1.27. The third-order valence-corrected chi connectivity index (χ3v) is 4.09. The summed E-state index contributed by atoms with van der Waals surface area (Å²) in [6, 6.07) is 0.167. The Morgan fingerprint density at radius 3 is 3.00 bits per heavy atom. The van der Waals surface area contributed by atoms with Crippen molar-refractivity contribution < 1.29 is 4.52 Å². The van der Waals surface area contributed by atoms with Gasteiger partial charge in [-0.15, -0.1) is 11.3 Å². The standard InChI is InChI=1S/C12H16N4OS/c1-7-6-18-12(14-7)5-10-15-11(17-16-10)4-9(13)8-2-3-8/h6,8-9H,2-5,13H2,1H3. The third kappa shape index (κ3) is 2.76. The second-order valence-electron chi connectivity index (χ2n) is 4.87. The Morgan fingerprint density at radius 1 is 1.50 bits per heavy atom.